The van der Waals surface area contributed by atoms with Gasteiger partial charge in [-0.25, -0.2) is 8.42 Å². The number of hydrogen-bond acceptors (Lipinski definition) is 5. The average molecular weight is 543 g/mol. The van der Waals surface area contributed by atoms with E-state index in [1.54, 1.807) is 6.92 Å². The van der Waals surface area contributed by atoms with E-state index in [4.69, 9.17) is 3.07 Å². The molecule has 0 aliphatic heterocycles. The molecule has 0 N–H and O–H groups in total. The van der Waals surface area contributed by atoms with Gasteiger partial charge in [-0.05, 0) is 24.2 Å². The van der Waals surface area contributed by atoms with E-state index in [-0.39, 0.29) is 17.1 Å². The summed E-state index contributed by atoms with van der Waals surface area (Å²) in [7, 11) is -2.68. The van der Waals surface area contributed by atoms with Gasteiger partial charge in [-0.2, -0.15) is 0 Å². The van der Waals surface area contributed by atoms with Gasteiger partial charge in [0, 0.05) is 5.41 Å². The quantitative estimate of drug-likeness (QED) is 0.412. The summed E-state index contributed by atoms with van der Waals surface area (Å²) in [6, 6.07) is 21.0. The maximum absolute atomic E-state index is 12.0. The Kier molecular flexibility index (Phi) is 6.77. The molecule has 3 atom stereocenters. The number of halogens is 1. The molecule has 0 radical (unpaired) electrons. The molecule has 2 aliphatic carbocycles. The topological polar surface area (TPSA) is 83.5 Å². The molecule has 3 unspecified atom stereocenters. The number of ketones is 1. The molecule has 2 aliphatic rings. The molecule has 0 aromatic heterocycles. The molecule has 2 bridgehead atoms. The van der Waals surface area contributed by atoms with Crippen LogP contribution in [0.25, 0.3) is 0 Å². The van der Waals surface area contributed by atoms with E-state index in [0.29, 0.717) is 12.8 Å². The van der Waals surface area contributed by atoms with Crippen molar-refractivity contribution >= 4 is 36.1 Å². The molecule has 0 amide bonds. The molecule has 0 spiro atoms. The van der Waals surface area contributed by atoms with Crippen molar-refractivity contribution < 1.29 is 20.8 Å². The SMILES string of the molecule is CC12CCC(C(S(=O)(=O)[O-])C1=O)C2(C)C.COI(c1ccccc1)c1ccccc1. The second-order valence-electron chi connectivity index (χ2n) is 8.47. The van der Waals surface area contributed by atoms with Gasteiger partial charge in [-0.1, -0.05) is 20.8 Å². The van der Waals surface area contributed by atoms with E-state index in [1.165, 1.54) is 7.14 Å². The van der Waals surface area contributed by atoms with Gasteiger partial charge in [0.25, 0.3) is 0 Å². The van der Waals surface area contributed by atoms with Crippen LogP contribution in [-0.4, -0.2) is 31.1 Å². The molecule has 4 rings (SSSR count). The third-order valence-electron chi connectivity index (χ3n) is 6.80. The van der Waals surface area contributed by atoms with Crippen molar-refractivity contribution in [1.82, 2.24) is 0 Å². The van der Waals surface area contributed by atoms with Gasteiger partial charge in [0.15, 0.2) is 5.78 Å². The van der Waals surface area contributed by atoms with Crippen molar-refractivity contribution in [2.24, 2.45) is 16.7 Å². The standard InChI is InChI=1S/C13H13IO.C10H16O4S/c1-15-14(12-8-4-2-5-9-12)13-10-6-3-7-11-13;1-9(2)6-4-5-10(9,3)8(11)7(6)15(12,13)14/h2-11H,1H3;6-7H,4-5H2,1-3H3,(H,12,13,14)/p-1. The average Bonchev–Trinajstić information content (AvgIpc) is 3.02. The Morgan fingerprint density at radius 2 is 1.43 bits per heavy atom. The zero-order valence-electron chi connectivity index (χ0n) is 17.7. The number of fused-ring (bicyclic) bond motifs is 2. The van der Waals surface area contributed by atoms with Crippen LogP contribution in [0, 0.1) is 23.9 Å². The first-order valence-corrected chi connectivity index (χ1v) is 14.4. The normalized spacial score (nSPS) is 27.4. The monoisotopic (exact) mass is 543 g/mol. The summed E-state index contributed by atoms with van der Waals surface area (Å²) in [6.07, 6.45) is 1.37. The van der Waals surface area contributed by atoms with Gasteiger partial charge < -0.3 is 4.55 Å². The Bertz CT molecular complexity index is 951. The maximum atomic E-state index is 12.0. The first-order valence-electron chi connectivity index (χ1n) is 9.87. The van der Waals surface area contributed by atoms with Crippen LogP contribution in [0.15, 0.2) is 60.7 Å². The van der Waals surface area contributed by atoms with Gasteiger partial charge in [0.05, 0.1) is 0 Å². The van der Waals surface area contributed by atoms with Crippen LogP contribution in [-0.2, 0) is 18.0 Å². The Balaban J connectivity index is 0.000000171. The summed E-state index contributed by atoms with van der Waals surface area (Å²) in [4.78, 5) is 12.0. The molecule has 2 fully saturated rings. The van der Waals surface area contributed by atoms with Crippen LogP contribution in [0.4, 0.5) is 0 Å². The van der Waals surface area contributed by atoms with Crippen LogP contribution in [0.5, 0.6) is 0 Å². The van der Waals surface area contributed by atoms with E-state index in [9.17, 15) is 17.8 Å². The first-order chi connectivity index (χ1) is 14.0. The number of carbonyl (C=O) groups excluding carboxylic acids is 1. The van der Waals surface area contributed by atoms with E-state index < -0.39 is 41.0 Å². The second-order valence-corrected chi connectivity index (χ2v) is 14.8. The predicted octanol–water partition coefficient (Wildman–Crippen LogP) is 4.72. The molecule has 0 heterocycles. The van der Waals surface area contributed by atoms with Crippen molar-refractivity contribution in [3.63, 3.8) is 0 Å². The Morgan fingerprint density at radius 3 is 1.73 bits per heavy atom. The zero-order valence-corrected chi connectivity index (χ0v) is 20.6. The molecular formula is C23H28IO5S-. The fraction of sp³-hybridized carbons (Fsp3) is 0.435. The number of benzene rings is 2. The van der Waals surface area contributed by atoms with Gasteiger partial charge >= 0.3 is 98.2 Å². The molecule has 2 aromatic carbocycles. The Morgan fingerprint density at radius 1 is 0.967 bits per heavy atom. The van der Waals surface area contributed by atoms with Crippen molar-refractivity contribution in [2.45, 2.75) is 38.9 Å². The Labute approximate surface area is 186 Å². The summed E-state index contributed by atoms with van der Waals surface area (Å²) in [5, 5.41) is -1.30. The predicted molar refractivity (Wildman–Crippen MR) is 124 cm³/mol. The van der Waals surface area contributed by atoms with Gasteiger partial charge in [-0.3, -0.25) is 4.79 Å². The summed E-state index contributed by atoms with van der Waals surface area (Å²) in [5.41, 5.74) is -0.994. The molecule has 0 saturated heterocycles. The van der Waals surface area contributed by atoms with Gasteiger partial charge in [0.1, 0.15) is 15.4 Å². The Hall–Kier alpha value is -1.29. The summed E-state index contributed by atoms with van der Waals surface area (Å²) in [6.45, 7) is 5.59. The van der Waals surface area contributed by atoms with Crippen molar-refractivity contribution in [3.05, 3.63) is 67.8 Å². The number of carbonyl (C=O) groups is 1. The third kappa shape index (κ3) is 4.09. The number of hydrogen-bond donors (Lipinski definition) is 0. The van der Waals surface area contributed by atoms with Crippen molar-refractivity contribution in [1.29, 1.82) is 0 Å². The van der Waals surface area contributed by atoms with Crippen LogP contribution in [0.1, 0.15) is 33.6 Å². The van der Waals surface area contributed by atoms with E-state index >= 15 is 0 Å². The summed E-state index contributed by atoms with van der Waals surface area (Å²) < 4.78 is 41.6. The molecular weight excluding hydrogens is 515 g/mol. The van der Waals surface area contributed by atoms with Gasteiger partial charge in [-0.15, -0.1) is 0 Å². The summed E-state index contributed by atoms with van der Waals surface area (Å²) >= 11 is -1.62. The zero-order chi connectivity index (χ0) is 22.2. The molecule has 5 nitrogen and oxygen atoms in total. The van der Waals surface area contributed by atoms with E-state index in [1.807, 2.05) is 33.1 Å². The van der Waals surface area contributed by atoms with Crippen LogP contribution < -0.4 is 0 Å². The molecule has 7 heteroatoms. The van der Waals surface area contributed by atoms with Crippen molar-refractivity contribution in [3.8, 4) is 0 Å². The van der Waals surface area contributed by atoms with Crippen LogP contribution in [0.2, 0.25) is 0 Å². The van der Waals surface area contributed by atoms with Crippen LogP contribution in [0.3, 0.4) is 0 Å². The van der Waals surface area contributed by atoms with Crippen molar-refractivity contribution in [2.75, 3.05) is 7.11 Å². The van der Waals surface area contributed by atoms with E-state index in [0.717, 1.165) is 0 Å². The van der Waals surface area contributed by atoms with Crippen LogP contribution >= 0.6 is 20.2 Å². The number of Topliss-reactive ketones (excluding diaryl/α,β-unsaturated/α-hetero) is 1. The number of rotatable bonds is 4. The fourth-order valence-electron chi connectivity index (χ4n) is 4.70. The molecule has 2 saturated carbocycles. The minimum absolute atomic E-state index is 0.294. The summed E-state index contributed by atoms with van der Waals surface area (Å²) in [5.74, 6) is -0.656. The first kappa shape index (κ1) is 23.4. The minimum atomic E-state index is -4.49. The van der Waals surface area contributed by atoms with E-state index in [2.05, 4.69) is 48.5 Å². The molecule has 164 valence electrons. The fourth-order valence-corrected chi connectivity index (χ4v) is 9.97. The molecule has 2 aromatic rings. The molecule has 30 heavy (non-hydrogen) atoms. The van der Waals surface area contributed by atoms with Gasteiger partial charge in [0.2, 0.25) is 0 Å². The second kappa shape index (κ2) is 8.68. The third-order valence-corrected chi connectivity index (χ3v) is 12.5.